The summed E-state index contributed by atoms with van der Waals surface area (Å²) in [6, 6.07) is 20.0. The summed E-state index contributed by atoms with van der Waals surface area (Å²) >= 11 is 0. The third-order valence-electron chi connectivity index (χ3n) is 4.55. The molecule has 0 amide bonds. The quantitative estimate of drug-likeness (QED) is 0.414. The van der Waals surface area contributed by atoms with E-state index in [2.05, 4.69) is 20.2 Å². The van der Waals surface area contributed by atoms with Crippen LogP contribution in [-0.2, 0) is 11.4 Å². The number of carbonyl (C=O) groups is 1. The van der Waals surface area contributed by atoms with Gasteiger partial charge in [0, 0.05) is 11.8 Å². The number of rotatable bonds is 4. The van der Waals surface area contributed by atoms with Gasteiger partial charge in [-0.15, -0.1) is 10.2 Å². The van der Waals surface area contributed by atoms with Gasteiger partial charge in [-0.2, -0.15) is 13.2 Å². The zero-order chi connectivity index (χ0) is 23.4. The van der Waals surface area contributed by atoms with Crippen LogP contribution in [-0.4, -0.2) is 41.8 Å². The van der Waals surface area contributed by atoms with E-state index in [0.717, 1.165) is 39.5 Å². The van der Waals surface area contributed by atoms with E-state index in [1.807, 2.05) is 71.3 Å². The Kier molecular flexibility index (Phi) is 5.94. The Balaban J connectivity index is 0.000000325. The van der Waals surface area contributed by atoms with Gasteiger partial charge in [0.2, 0.25) is 0 Å². The molecular weight excluding hydrogens is 439 g/mol. The van der Waals surface area contributed by atoms with Gasteiger partial charge in [-0.3, -0.25) is 4.40 Å². The molecule has 0 fully saturated rings. The predicted octanol–water partition coefficient (Wildman–Crippen LogP) is 4.48. The minimum atomic E-state index is -5.08. The summed E-state index contributed by atoms with van der Waals surface area (Å²) in [5.74, 6) is -1.16. The van der Waals surface area contributed by atoms with Gasteiger partial charge >= 0.3 is 12.1 Å². The van der Waals surface area contributed by atoms with E-state index < -0.39 is 12.1 Å². The number of carboxylic acids is 1. The predicted molar refractivity (Wildman–Crippen MR) is 113 cm³/mol. The van der Waals surface area contributed by atoms with Crippen molar-refractivity contribution in [1.29, 1.82) is 0 Å². The van der Waals surface area contributed by atoms with Gasteiger partial charge < -0.3 is 14.8 Å². The van der Waals surface area contributed by atoms with E-state index in [9.17, 15) is 13.2 Å². The molecule has 0 unspecified atom stereocenters. The Morgan fingerprint density at radius 3 is 2.39 bits per heavy atom. The summed E-state index contributed by atoms with van der Waals surface area (Å²) in [6.07, 6.45) is -1.51. The molecule has 11 heteroatoms. The van der Waals surface area contributed by atoms with Crippen molar-refractivity contribution < 1.29 is 27.8 Å². The summed E-state index contributed by atoms with van der Waals surface area (Å²) in [5, 5.41) is 15.7. The van der Waals surface area contributed by atoms with Crippen molar-refractivity contribution in [3.8, 4) is 17.1 Å². The summed E-state index contributed by atoms with van der Waals surface area (Å²) in [5.41, 5.74) is 4.59. The molecule has 0 atom stereocenters. The van der Waals surface area contributed by atoms with Crippen molar-refractivity contribution in [3.05, 3.63) is 78.6 Å². The molecule has 2 N–H and O–H groups in total. The zero-order valence-electron chi connectivity index (χ0n) is 16.8. The third kappa shape index (κ3) is 4.92. The molecule has 8 nitrogen and oxygen atoms in total. The van der Waals surface area contributed by atoms with Gasteiger partial charge in [0.15, 0.2) is 17.1 Å². The maximum Gasteiger partial charge on any atom is 0.490 e. The van der Waals surface area contributed by atoms with Crippen molar-refractivity contribution in [1.82, 2.24) is 24.6 Å². The monoisotopic (exact) mass is 455 g/mol. The lowest BCUT2D eigenvalue weighted by molar-refractivity contribution is -0.192. The molecule has 0 bridgehead atoms. The SMILES string of the molecule is O=C(O)C(F)(F)F.c1ccc(COc2ccc(-c3nnc4cnc5[nH]ccc5n34)cc2)cc1. The van der Waals surface area contributed by atoms with Crippen LogP contribution in [0.4, 0.5) is 13.2 Å². The van der Waals surface area contributed by atoms with Gasteiger partial charge in [0.05, 0.1) is 11.7 Å². The fraction of sp³-hybridized carbons (Fsp3) is 0.0909. The van der Waals surface area contributed by atoms with Crippen LogP contribution in [0.15, 0.2) is 73.1 Å². The summed E-state index contributed by atoms with van der Waals surface area (Å²) in [4.78, 5) is 16.4. The topological polar surface area (TPSA) is 105 Å². The van der Waals surface area contributed by atoms with Gasteiger partial charge in [-0.05, 0) is 35.9 Å². The summed E-state index contributed by atoms with van der Waals surface area (Å²) in [7, 11) is 0. The minimum Gasteiger partial charge on any atom is -0.489 e. The maximum atomic E-state index is 10.6. The summed E-state index contributed by atoms with van der Waals surface area (Å²) in [6.45, 7) is 0.545. The van der Waals surface area contributed by atoms with Crippen molar-refractivity contribution in [2.24, 2.45) is 0 Å². The molecule has 0 saturated heterocycles. The van der Waals surface area contributed by atoms with Crippen LogP contribution in [0.1, 0.15) is 5.56 Å². The Hall–Kier alpha value is -4.41. The number of hydrogen-bond acceptors (Lipinski definition) is 5. The highest BCUT2D eigenvalue weighted by Crippen LogP contribution is 2.24. The standard InChI is InChI=1S/C20H15N5O.C2HF3O2/c1-2-4-14(5-3-1)13-26-16-8-6-15(7-9-16)20-24-23-18-12-22-19-17(25(18)20)10-11-21-19;3-2(4,5)1(6)7/h1-12,21H,13H2;(H,6,7). The minimum absolute atomic E-state index is 0.545. The highest BCUT2D eigenvalue weighted by molar-refractivity contribution is 5.77. The molecule has 0 aliphatic heterocycles. The number of fused-ring (bicyclic) bond motifs is 3. The lowest BCUT2D eigenvalue weighted by Gasteiger charge is -2.07. The van der Waals surface area contributed by atoms with E-state index in [1.54, 1.807) is 6.20 Å². The molecule has 0 aliphatic rings. The van der Waals surface area contributed by atoms with Gasteiger partial charge in [0.25, 0.3) is 0 Å². The second kappa shape index (κ2) is 8.99. The number of aliphatic carboxylic acids is 1. The van der Waals surface area contributed by atoms with Crippen LogP contribution in [0.25, 0.3) is 28.2 Å². The normalized spacial score (nSPS) is 11.2. The van der Waals surface area contributed by atoms with Crippen LogP contribution < -0.4 is 4.74 Å². The molecule has 0 radical (unpaired) electrons. The van der Waals surface area contributed by atoms with E-state index in [0.29, 0.717) is 6.61 Å². The van der Waals surface area contributed by atoms with Crippen LogP contribution in [0.2, 0.25) is 0 Å². The number of nitrogens with one attached hydrogen (secondary N) is 1. The van der Waals surface area contributed by atoms with Crippen LogP contribution >= 0.6 is 0 Å². The largest absolute Gasteiger partial charge is 0.490 e. The second-order valence-corrected chi connectivity index (χ2v) is 6.79. The number of benzene rings is 2. The maximum absolute atomic E-state index is 10.6. The van der Waals surface area contributed by atoms with Crippen LogP contribution in [0, 0.1) is 0 Å². The Labute approximate surface area is 184 Å². The van der Waals surface area contributed by atoms with Crippen molar-refractivity contribution in [2.75, 3.05) is 0 Å². The molecule has 2 aromatic carbocycles. The molecule has 33 heavy (non-hydrogen) atoms. The average Bonchev–Trinajstić information content (AvgIpc) is 3.45. The fourth-order valence-corrected chi connectivity index (χ4v) is 3.00. The molecule has 0 saturated carbocycles. The van der Waals surface area contributed by atoms with E-state index in [4.69, 9.17) is 14.6 Å². The molecule has 0 spiro atoms. The second-order valence-electron chi connectivity index (χ2n) is 6.79. The lowest BCUT2D eigenvalue weighted by atomic mass is 10.2. The number of nitrogens with zero attached hydrogens (tertiary/aromatic N) is 4. The number of halogens is 3. The first-order chi connectivity index (χ1) is 15.8. The third-order valence-corrected chi connectivity index (χ3v) is 4.55. The number of hydrogen-bond donors (Lipinski definition) is 2. The van der Waals surface area contributed by atoms with Crippen LogP contribution in [0.5, 0.6) is 5.75 Å². The molecule has 168 valence electrons. The Bertz CT molecular complexity index is 1380. The molecule has 3 heterocycles. The number of aromatic amines is 1. The molecule has 5 rings (SSSR count). The van der Waals surface area contributed by atoms with E-state index in [-0.39, 0.29) is 0 Å². The highest BCUT2D eigenvalue weighted by Gasteiger charge is 2.38. The molecule has 3 aromatic heterocycles. The van der Waals surface area contributed by atoms with Crippen LogP contribution in [0.3, 0.4) is 0 Å². The van der Waals surface area contributed by atoms with Crippen molar-refractivity contribution in [3.63, 3.8) is 0 Å². The summed E-state index contributed by atoms with van der Waals surface area (Å²) < 4.78 is 39.6. The van der Waals surface area contributed by atoms with Gasteiger partial charge in [-0.1, -0.05) is 30.3 Å². The van der Waals surface area contributed by atoms with E-state index in [1.165, 1.54) is 0 Å². The first-order valence-corrected chi connectivity index (χ1v) is 9.57. The zero-order valence-corrected chi connectivity index (χ0v) is 16.8. The number of alkyl halides is 3. The molecular formula is C22H16F3N5O3. The smallest absolute Gasteiger partial charge is 0.489 e. The first-order valence-electron chi connectivity index (χ1n) is 9.57. The fourth-order valence-electron chi connectivity index (χ4n) is 3.00. The number of carboxylic acid groups (broad SMARTS) is 1. The number of H-pyrrole nitrogens is 1. The van der Waals surface area contributed by atoms with Gasteiger partial charge in [0.1, 0.15) is 12.4 Å². The van der Waals surface area contributed by atoms with Gasteiger partial charge in [-0.25, -0.2) is 9.78 Å². The molecule has 0 aliphatic carbocycles. The molecule has 5 aromatic rings. The van der Waals surface area contributed by atoms with E-state index >= 15 is 0 Å². The number of aromatic nitrogens is 5. The lowest BCUT2D eigenvalue weighted by Crippen LogP contribution is -2.21. The van der Waals surface area contributed by atoms with Crippen molar-refractivity contribution >= 4 is 22.8 Å². The van der Waals surface area contributed by atoms with Crippen molar-refractivity contribution in [2.45, 2.75) is 12.8 Å². The Morgan fingerprint density at radius 1 is 1.03 bits per heavy atom. The average molecular weight is 455 g/mol. The number of ether oxygens (including phenoxy) is 1. The Morgan fingerprint density at radius 2 is 1.73 bits per heavy atom. The highest BCUT2D eigenvalue weighted by atomic mass is 19.4. The first kappa shape index (κ1) is 21.8.